The predicted molar refractivity (Wildman–Crippen MR) is 49.5 cm³/mol. The third-order valence-electron chi connectivity index (χ3n) is 1.09. The average molecular weight is 235 g/mol. The van der Waals surface area contributed by atoms with Crippen molar-refractivity contribution in [3.05, 3.63) is 9.48 Å². The first-order chi connectivity index (χ1) is 5.15. The monoisotopic (exact) mass is 234 g/mol. The molecule has 0 amide bonds. The topological polar surface area (TPSA) is 33.2 Å². The maximum Gasteiger partial charge on any atom is 0.186 e. The Morgan fingerprint density at radius 2 is 2.27 bits per heavy atom. The molecule has 1 aromatic rings. The van der Waals surface area contributed by atoms with Gasteiger partial charge in [-0.05, 0) is 15.9 Å². The van der Waals surface area contributed by atoms with Crippen LogP contribution in [0.4, 0.5) is 5.13 Å². The fourth-order valence-corrected chi connectivity index (χ4v) is 1.88. The van der Waals surface area contributed by atoms with Crippen LogP contribution < -0.4 is 4.90 Å². The smallest absolute Gasteiger partial charge is 0.186 e. The summed E-state index contributed by atoms with van der Waals surface area (Å²) in [4.78, 5) is 17.0. The van der Waals surface area contributed by atoms with Gasteiger partial charge in [0.15, 0.2) is 11.4 Å². The van der Waals surface area contributed by atoms with E-state index in [1.807, 2.05) is 19.0 Å². The van der Waals surface area contributed by atoms with Crippen molar-refractivity contribution in [1.82, 2.24) is 4.98 Å². The minimum Gasteiger partial charge on any atom is -0.354 e. The lowest BCUT2D eigenvalue weighted by molar-refractivity contribution is 0.112. The van der Waals surface area contributed by atoms with Crippen molar-refractivity contribution in [1.29, 1.82) is 0 Å². The van der Waals surface area contributed by atoms with Crippen LogP contribution in [0.3, 0.4) is 0 Å². The number of aromatic nitrogens is 1. The minimum atomic E-state index is 0.626. The van der Waals surface area contributed by atoms with E-state index in [1.165, 1.54) is 11.3 Å². The zero-order valence-electron chi connectivity index (χ0n) is 6.17. The number of thiazole rings is 1. The SMILES string of the molecule is CN(C)c1nc(Br)c(C=O)s1. The molecule has 0 aromatic carbocycles. The minimum absolute atomic E-state index is 0.626. The van der Waals surface area contributed by atoms with E-state index in [9.17, 15) is 4.79 Å². The zero-order valence-corrected chi connectivity index (χ0v) is 8.57. The Labute approximate surface area is 77.2 Å². The highest BCUT2D eigenvalue weighted by atomic mass is 79.9. The van der Waals surface area contributed by atoms with E-state index in [0.29, 0.717) is 9.48 Å². The molecule has 0 aliphatic rings. The highest BCUT2D eigenvalue weighted by Gasteiger charge is 2.08. The van der Waals surface area contributed by atoms with E-state index < -0.39 is 0 Å². The Morgan fingerprint density at radius 3 is 2.55 bits per heavy atom. The highest BCUT2D eigenvalue weighted by molar-refractivity contribution is 9.10. The summed E-state index contributed by atoms with van der Waals surface area (Å²) >= 11 is 4.55. The van der Waals surface area contributed by atoms with Crippen LogP contribution in [0.15, 0.2) is 4.60 Å². The molecule has 0 fully saturated rings. The number of nitrogens with zero attached hydrogens (tertiary/aromatic N) is 2. The van der Waals surface area contributed by atoms with Gasteiger partial charge in [0.2, 0.25) is 0 Å². The van der Waals surface area contributed by atoms with Gasteiger partial charge in [0.25, 0.3) is 0 Å². The van der Waals surface area contributed by atoms with Crippen molar-refractivity contribution in [3.8, 4) is 0 Å². The van der Waals surface area contributed by atoms with E-state index in [2.05, 4.69) is 20.9 Å². The molecule has 0 N–H and O–H groups in total. The molecule has 0 radical (unpaired) electrons. The van der Waals surface area contributed by atoms with E-state index in [0.717, 1.165) is 11.4 Å². The van der Waals surface area contributed by atoms with Gasteiger partial charge in [-0.25, -0.2) is 4.98 Å². The molecule has 1 aromatic heterocycles. The van der Waals surface area contributed by atoms with Crippen LogP contribution in [0.5, 0.6) is 0 Å². The second kappa shape index (κ2) is 3.32. The van der Waals surface area contributed by atoms with Gasteiger partial charge in [0.1, 0.15) is 9.48 Å². The number of carbonyl (C=O) groups is 1. The summed E-state index contributed by atoms with van der Waals surface area (Å²) in [6.45, 7) is 0. The van der Waals surface area contributed by atoms with Crippen LogP contribution in [0.25, 0.3) is 0 Å². The standard InChI is InChI=1S/C6H7BrN2OS/c1-9(2)6-8-5(7)4(3-10)11-6/h3H,1-2H3. The molecule has 0 saturated heterocycles. The van der Waals surface area contributed by atoms with Crippen molar-refractivity contribution in [2.75, 3.05) is 19.0 Å². The third kappa shape index (κ3) is 1.78. The summed E-state index contributed by atoms with van der Waals surface area (Å²) in [5, 5.41) is 0.832. The van der Waals surface area contributed by atoms with Gasteiger partial charge in [-0.2, -0.15) is 0 Å². The second-order valence-corrected chi connectivity index (χ2v) is 3.92. The molecule has 0 atom stereocenters. The number of aldehydes is 1. The lowest BCUT2D eigenvalue weighted by Gasteiger charge is -2.04. The molecule has 0 bridgehead atoms. The van der Waals surface area contributed by atoms with Gasteiger partial charge in [-0.1, -0.05) is 11.3 Å². The Balaban J connectivity index is 3.04. The summed E-state index contributed by atoms with van der Waals surface area (Å²) < 4.78 is 0.626. The van der Waals surface area contributed by atoms with E-state index >= 15 is 0 Å². The summed E-state index contributed by atoms with van der Waals surface area (Å²) in [5.41, 5.74) is 0. The lowest BCUT2D eigenvalue weighted by atomic mass is 10.6. The van der Waals surface area contributed by atoms with Crippen LogP contribution in [0, 0.1) is 0 Å². The summed E-state index contributed by atoms with van der Waals surface area (Å²) in [6, 6.07) is 0. The largest absolute Gasteiger partial charge is 0.354 e. The molecule has 0 unspecified atom stereocenters. The van der Waals surface area contributed by atoms with Crippen molar-refractivity contribution < 1.29 is 4.79 Å². The number of halogens is 1. The number of hydrogen-bond acceptors (Lipinski definition) is 4. The van der Waals surface area contributed by atoms with Gasteiger partial charge in [0.05, 0.1) is 0 Å². The van der Waals surface area contributed by atoms with Gasteiger partial charge in [-0.15, -0.1) is 0 Å². The summed E-state index contributed by atoms with van der Waals surface area (Å²) in [7, 11) is 3.78. The zero-order chi connectivity index (χ0) is 8.43. The van der Waals surface area contributed by atoms with Crippen molar-refractivity contribution in [2.24, 2.45) is 0 Å². The van der Waals surface area contributed by atoms with Crippen LogP contribution in [-0.2, 0) is 0 Å². The average Bonchev–Trinajstić information content (AvgIpc) is 2.31. The summed E-state index contributed by atoms with van der Waals surface area (Å²) in [5.74, 6) is 0. The molecule has 5 heteroatoms. The number of hydrogen-bond donors (Lipinski definition) is 0. The molecule has 0 aliphatic heterocycles. The molecule has 0 spiro atoms. The van der Waals surface area contributed by atoms with Crippen LogP contribution in [-0.4, -0.2) is 25.4 Å². The van der Waals surface area contributed by atoms with Gasteiger partial charge in [-0.3, -0.25) is 4.79 Å². The maximum absolute atomic E-state index is 10.4. The fraction of sp³-hybridized carbons (Fsp3) is 0.333. The first-order valence-electron chi connectivity index (χ1n) is 2.94. The normalized spacial score (nSPS) is 9.73. The quantitative estimate of drug-likeness (QED) is 0.732. The van der Waals surface area contributed by atoms with Crippen LogP contribution in [0.1, 0.15) is 9.67 Å². The van der Waals surface area contributed by atoms with Crippen molar-refractivity contribution in [3.63, 3.8) is 0 Å². The summed E-state index contributed by atoms with van der Waals surface area (Å²) in [6.07, 6.45) is 0.800. The Morgan fingerprint density at radius 1 is 1.64 bits per heavy atom. The van der Waals surface area contributed by atoms with E-state index in [-0.39, 0.29) is 0 Å². The molecule has 1 heterocycles. The molecule has 60 valence electrons. The Bertz CT molecular complexity index is 272. The third-order valence-corrected chi connectivity index (χ3v) is 3.10. The first kappa shape index (κ1) is 8.67. The second-order valence-electron chi connectivity index (χ2n) is 2.16. The molecule has 11 heavy (non-hydrogen) atoms. The molecule has 0 aliphatic carbocycles. The van der Waals surface area contributed by atoms with Crippen LogP contribution >= 0.6 is 27.3 Å². The van der Waals surface area contributed by atoms with Crippen molar-refractivity contribution in [2.45, 2.75) is 0 Å². The Kier molecular flexibility index (Phi) is 2.62. The number of rotatable bonds is 2. The van der Waals surface area contributed by atoms with E-state index in [1.54, 1.807) is 0 Å². The van der Waals surface area contributed by atoms with Gasteiger partial charge in [0, 0.05) is 14.1 Å². The highest BCUT2D eigenvalue weighted by Crippen LogP contribution is 2.26. The number of anilines is 1. The number of carbonyl (C=O) groups excluding carboxylic acids is 1. The molecule has 0 saturated carbocycles. The van der Waals surface area contributed by atoms with Gasteiger partial charge < -0.3 is 4.90 Å². The molecular formula is C6H7BrN2OS. The maximum atomic E-state index is 10.4. The van der Waals surface area contributed by atoms with Gasteiger partial charge >= 0.3 is 0 Å². The first-order valence-corrected chi connectivity index (χ1v) is 4.55. The lowest BCUT2D eigenvalue weighted by Crippen LogP contribution is -2.07. The Hall–Kier alpha value is -0.420. The molecule has 1 rings (SSSR count). The van der Waals surface area contributed by atoms with E-state index in [4.69, 9.17) is 0 Å². The molecule has 3 nitrogen and oxygen atoms in total. The van der Waals surface area contributed by atoms with Crippen molar-refractivity contribution >= 4 is 38.7 Å². The fourth-order valence-electron chi connectivity index (χ4n) is 0.566. The van der Waals surface area contributed by atoms with Crippen LogP contribution in [0.2, 0.25) is 0 Å². The molecular weight excluding hydrogens is 228 g/mol. The predicted octanol–water partition coefficient (Wildman–Crippen LogP) is 1.78.